The largest absolute Gasteiger partial charge is 0.379 e. The first-order valence-corrected chi connectivity index (χ1v) is 7.29. The molecule has 2 fully saturated rings. The van der Waals surface area contributed by atoms with Gasteiger partial charge in [-0.05, 0) is 31.6 Å². The molecular weight excluding hydrogens is 228 g/mol. The van der Waals surface area contributed by atoms with Crippen molar-refractivity contribution in [3.63, 3.8) is 0 Å². The van der Waals surface area contributed by atoms with Crippen molar-refractivity contribution in [2.24, 2.45) is 5.92 Å². The topological polar surface area (TPSA) is 41.6 Å². The SMILES string of the molecule is CC(C)NC1CCCN(CCOCC2CC2)C1=O. The third-order valence-corrected chi connectivity index (χ3v) is 3.62. The van der Waals surface area contributed by atoms with Crippen LogP contribution in [0, 0.1) is 5.92 Å². The van der Waals surface area contributed by atoms with Gasteiger partial charge in [0, 0.05) is 25.7 Å². The van der Waals surface area contributed by atoms with E-state index in [9.17, 15) is 4.79 Å². The van der Waals surface area contributed by atoms with Gasteiger partial charge in [0.25, 0.3) is 0 Å². The molecule has 0 spiro atoms. The molecule has 1 saturated carbocycles. The van der Waals surface area contributed by atoms with Gasteiger partial charge in [-0.1, -0.05) is 13.8 Å². The van der Waals surface area contributed by atoms with Gasteiger partial charge in [0.1, 0.15) is 0 Å². The molecule has 2 aliphatic rings. The second-order valence-corrected chi connectivity index (χ2v) is 5.86. The van der Waals surface area contributed by atoms with Crippen LogP contribution >= 0.6 is 0 Å². The van der Waals surface area contributed by atoms with Gasteiger partial charge in [0.2, 0.25) is 5.91 Å². The van der Waals surface area contributed by atoms with Crippen molar-refractivity contribution in [3.8, 4) is 0 Å². The molecule has 104 valence electrons. The highest BCUT2D eigenvalue weighted by molar-refractivity contribution is 5.82. The van der Waals surface area contributed by atoms with Gasteiger partial charge in [0.05, 0.1) is 12.6 Å². The van der Waals surface area contributed by atoms with Gasteiger partial charge in [-0.2, -0.15) is 0 Å². The number of hydrogen-bond acceptors (Lipinski definition) is 3. The fourth-order valence-corrected chi connectivity index (χ4v) is 2.43. The molecule has 1 aliphatic carbocycles. The first-order valence-electron chi connectivity index (χ1n) is 7.29. The van der Waals surface area contributed by atoms with Crippen molar-refractivity contribution in [2.45, 2.75) is 51.6 Å². The maximum absolute atomic E-state index is 12.2. The summed E-state index contributed by atoms with van der Waals surface area (Å²) in [6.45, 7) is 7.39. The van der Waals surface area contributed by atoms with Crippen LogP contribution < -0.4 is 5.32 Å². The van der Waals surface area contributed by atoms with E-state index >= 15 is 0 Å². The molecule has 1 aliphatic heterocycles. The van der Waals surface area contributed by atoms with E-state index in [4.69, 9.17) is 4.74 Å². The van der Waals surface area contributed by atoms with Gasteiger partial charge < -0.3 is 15.0 Å². The molecule has 4 nitrogen and oxygen atoms in total. The van der Waals surface area contributed by atoms with Crippen LogP contribution in [0.25, 0.3) is 0 Å². The summed E-state index contributed by atoms with van der Waals surface area (Å²) in [5.74, 6) is 1.06. The van der Waals surface area contributed by atoms with E-state index in [2.05, 4.69) is 19.2 Å². The molecule has 1 saturated heterocycles. The predicted octanol–water partition coefficient (Wildman–Crippen LogP) is 1.40. The maximum atomic E-state index is 12.2. The Morgan fingerprint density at radius 1 is 1.39 bits per heavy atom. The number of carbonyl (C=O) groups excluding carboxylic acids is 1. The molecule has 0 aromatic carbocycles. The summed E-state index contributed by atoms with van der Waals surface area (Å²) in [6.07, 6.45) is 4.71. The summed E-state index contributed by atoms with van der Waals surface area (Å²) < 4.78 is 5.61. The maximum Gasteiger partial charge on any atom is 0.239 e. The van der Waals surface area contributed by atoms with Crippen molar-refractivity contribution in [1.82, 2.24) is 10.2 Å². The van der Waals surface area contributed by atoms with Crippen molar-refractivity contribution < 1.29 is 9.53 Å². The molecule has 1 amide bonds. The average Bonchev–Trinajstić information content (AvgIpc) is 3.12. The zero-order valence-corrected chi connectivity index (χ0v) is 11.7. The first kappa shape index (κ1) is 13.8. The summed E-state index contributed by atoms with van der Waals surface area (Å²) in [5.41, 5.74) is 0. The second-order valence-electron chi connectivity index (χ2n) is 5.86. The summed E-state index contributed by atoms with van der Waals surface area (Å²) in [4.78, 5) is 14.2. The van der Waals surface area contributed by atoms with Crippen molar-refractivity contribution >= 4 is 5.91 Å². The number of likely N-dealkylation sites (tertiary alicyclic amines) is 1. The second kappa shape index (κ2) is 6.53. The van der Waals surface area contributed by atoms with Crippen LogP contribution in [0.5, 0.6) is 0 Å². The van der Waals surface area contributed by atoms with Crippen LogP contribution in [-0.4, -0.2) is 49.2 Å². The number of piperidine rings is 1. The van der Waals surface area contributed by atoms with Crippen LogP contribution in [-0.2, 0) is 9.53 Å². The molecule has 1 unspecified atom stereocenters. The lowest BCUT2D eigenvalue weighted by Crippen LogP contribution is -2.53. The Labute approximate surface area is 110 Å². The van der Waals surface area contributed by atoms with Crippen LogP contribution in [0.2, 0.25) is 0 Å². The zero-order chi connectivity index (χ0) is 13.0. The molecule has 4 heteroatoms. The van der Waals surface area contributed by atoms with Gasteiger partial charge in [-0.25, -0.2) is 0 Å². The van der Waals surface area contributed by atoms with Gasteiger partial charge in [-0.15, -0.1) is 0 Å². The van der Waals surface area contributed by atoms with E-state index in [0.29, 0.717) is 12.6 Å². The fraction of sp³-hybridized carbons (Fsp3) is 0.929. The van der Waals surface area contributed by atoms with Gasteiger partial charge in [0.15, 0.2) is 0 Å². The zero-order valence-electron chi connectivity index (χ0n) is 11.7. The molecular formula is C14H26N2O2. The minimum Gasteiger partial charge on any atom is -0.379 e. The smallest absolute Gasteiger partial charge is 0.239 e. The summed E-state index contributed by atoms with van der Waals surface area (Å²) in [5, 5.41) is 3.35. The fourth-order valence-electron chi connectivity index (χ4n) is 2.43. The number of hydrogen-bond donors (Lipinski definition) is 1. The van der Waals surface area contributed by atoms with Crippen molar-refractivity contribution in [3.05, 3.63) is 0 Å². The van der Waals surface area contributed by atoms with Crippen LogP contribution in [0.4, 0.5) is 0 Å². The number of ether oxygens (including phenoxy) is 1. The van der Waals surface area contributed by atoms with Gasteiger partial charge >= 0.3 is 0 Å². The van der Waals surface area contributed by atoms with E-state index in [1.807, 2.05) is 4.90 Å². The van der Waals surface area contributed by atoms with Crippen LogP contribution in [0.1, 0.15) is 39.5 Å². The molecule has 2 rings (SSSR count). The number of rotatable bonds is 7. The Hall–Kier alpha value is -0.610. The molecule has 0 bridgehead atoms. The Balaban J connectivity index is 1.67. The molecule has 0 aromatic rings. The van der Waals surface area contributed by atoms with Crippen molar-refractivity contribution in [1.29, 1.82) is 0 Å². The molecule has 1 atom stereocenters. The monoisotopic (exact) mass is 254 g/mol. The lowest BCUT2D eigenvalue weighted by atomic mass is 10.0. The van der Waals surface area contributed by atoms with Crippen LogP contribution in [0.3, 0.4) is 0 Å². The molecule has 1 N–H and O–H groups in total. The highest BCUT2D eigenvalue weighted by Gasteiger charge is 2.28. The third-order valence-electron chi connectivity index (χ3n) is 3.62. The Kier molecular flexibility index (Phi) is 5.01. The minimum absolute atomic E-state index is 0.0159. The van der Waals surface area contributed by atoms with E-state index < -0.39 is 0 Å². The van der Waals surface area contributed by atoms with E-state index in [1.54, 1.807) is 0 Å². The highest BCUT2D eigenvalue weighted by atomic mass is 16.5. The van der Waals surface area contributed by atoms with Crippen molar-refractivity contribution in [2.75, 3.05) is 26.3 Å². The molecule has 1 heterocycles. The van der Waals surface area contributed by atoms with E-state index in [0.717, 1.165) is 38.5 Å². The lowest BCUT2D eigenvalue weighted by Gasteiger charge is -2.33. The van der Waals surface area contributed by atoms with Crippen LogP contribution in [0.15, 0.2) is 0 Å². The minimum atomic E-state index is 0.0159. The number of amides is 1. The summed E-state index contributed by atoms with van der Waals surface area (Å²) in [7, 11) is 0. The molecule has 0 aromatic heterocycles. The predicted molar refractivity (Wildman–Crippen MR) is 71.4 cm³/mol. The first-order chi connectivity index (χ1) is 8.66. The summed E-state index contributed by atoms with van der Waals surface area (Å²) >= 11 is 0. The quantitative estimate of drug-likeness (QED) is 0.698. The third kappa shape index (κ3) is 4.25. The lowest BCUT2D eigenvalue weighted by molar-refractivity contribution is -0.137. The highest BCUT2D eigenvalue weighted by Crippen LogP contribution is 2.28. The standard InChI is InChI=1S/C14H26N2O2/c1-11(2)15-13-4-3-7-16(14(13)17)8-9-18-10-12-5-6-12/h11-13,15H,3-10H2,1-2H3. The summed E-state index contributed by atoms with van der Waals surface area (Å²) in [6, 6.07) is 0.382. The van der Waals surface area contributed by atoms with Gasteiger partial charge in [-0.3, -0.25) is 4.79 Å². The Morgan fingerprint density at radius 3 is 2.83 bits per heavy atom. The Morgan fingerprint density at radius 2 is 2.17 bits per heavy atom. The number of carbonyl (C=O) groups is 1. The normalized spacial score (nSPS) is 24.9. The Bertz CT molecular complexity index is 277. The number of nitrogens with one attached hydrogen (secondary N) is 1. The molecule has 18 heavy (non-hydrogen) atoms. The number of nitrogens with zero attached hydrogens (tertiary/aromatic N) is 1. The average molecular weight is 254 g/mol. The van der Waals surface area contributed by atoms with E-state index in [1.165, 1.54) is 12.8 Å². The van der Waals surface area contributed by atoms with E-state index in [-0.39, 0.29) is 11.9 Å². The molecule has 0 radical (unpaired) electrons.